The molecule has 2 heterocycles. The number of nitrogens with two attached hydrogens (primary N) is 1. The number of nitrogens with zero attached hydrogens (tertiary/aromatic N) is 3. The van der Waals surface area contributed by atoms with E-state index in [9.17, 15) is 18.0 Å². The molecule has 1 aliphatic rings. The number of amidine groups is 1. The maximum atomic E-state index is 14.6. The van der Waals surface area contributed by atoms with E-state index in [1.807, 2.05) is 6.07 Å². The van der Waals surface area contributed by atoms with E-state index in [-0.39, 0.29) is 28.7 Å². The minimum atomic E-state index is -2.68. The molecule has 0 radical (unpaired) electrons. The van der Waals surface area contributed by atoms with E-state index >= 15 is 0 Å². The van der Waals surface area contributed by atoms with E-state index < -0.39 is 30.1 Å². The van der Waals surface area contributed by atoms with Crippen LogP contribution in [-0.2, 0) is 10.3 Å². The number of halogens is 3. The van der Waals surface area contributed by atoms with Gasteiger partial charge in [0, 0.05) is 17.4 Å². The summed E-state index contributed by atoms with van der Waals surface area (Å²) in [6, 6.07) is 6.89. The molecule has 0 unspecified atom stereocenters. The molecule has 1 amide bonds. The van der Waals surface area contributed by atoms with Gasteiger partial charge in [-0.05, 0) is 49.8 Å². The SMILES string of the molecule is Cc1cc(C#N)cnc1C(=O)Nc1ccc(F)c([C@]2(C)C=C(CC(F)F)OC(N)=N2)c1. The fraction of sp³-hybridized carbons (Fsp3) is 0.238. The standard InChI is InChI=1S/C21H18F3N5O2/c1-11-5-12(9-25)10-27-18(11)19(30)28-13-3-4-16(22)15(6-13)21(2)8-14(7-17(23)24)31-20(26)29-21/h3-6,8,10,17H,7H2,1-2H3,(H2,26,29)(H,28,30)/t21-/m0/s1. The highest BCUT2D eigenvalue weighted by atomic mass is 19.3. The van der Waals surface area contributed by atoms with Crippen molar-refractivity contribution in [3.63, 3.8) is 0 Å². The molecule has 1 aromatic heterocycles. The van der Waals surface area contributed by atoms with Crippen LogP contribution < -0.4 is 11.1 Å². The first-order chi connectivity index (χ1) is 14.6. The Bertz CT molecular complexity index is 1140. The average Bonchev–Trinajstić information content (AvgIpc) is 2.67. The first kappa shape index (κ1) is 21.8. The maximum absolute atomic E-state index is 14.6. The van der Waals surface area contributed by atoms with E-state index in [0.717, 1.165) is 6.07 Å². The van der Waals surface area contributed by atoms with Crippen LogP contribution in [0.5, 0.6) is 0 Å². The fourth-order valence-corrected chi connectivity index (χ4v) is 3.21. The number of carbonyl (C=O) groups excluding carboxylic acids is 1. The number of aryl methyl sites for hydroxylation is 1. The molecule has 0 spiro atoms. The van der Waals surface area contributed by atoms with E-state index in [2.05, 4.69) is 15.3 Å². The van der Waals surface area contributed by atoms with Gasteiger partial charge >= 0.3 is 0 Å². The number of ether oxygens (including phenoxy) is 1. The van der Waals surface area contributed by atoms with Gasteiger partial charge in [-0.1, -0.05) is 0 Å². The van der Waals surface area contributed by atoms with Crippen molar-refractivity contribution in [3.05, 3.63) is 70.5 Å². The monoisotopic (exact) mass is 429 g/mol. The van der Waals surface area contributed by atoms with Crippen molar-refractivity contribution in [3.8, 4) is 6.07 Å². The van der Waals surface area contributed by atoms with Crippen LogP contribution in [0.3, 0.4) is 0 Å². The summed E-state index contributed by atoms with van der Waals surface area (Å²) >= 11 is 0. The lowest BCUT2D eigenvalue weighted by molar-refractivity contribution is 0.102. The number of nitriles is 1. The van der Waals surface area contributed by atoms with Crippen molar-refractivity contribution in [2.24, 2.45) is 10.7 Å². The third-order valence-corrected chi connectivity index (χ3v) is 4.57. The molecule has 0 saturated heterocycles. The molecule has 7 nitrogen and oxygen atoms in total. The predicted octanol–water partition coefficient (Wildman–Crippen LogP) is 3.75. The zero-order chi connectivity index (χ0) is 22.8. The number of amides is 1. The van der Waals surface area contributed by atoms with Crippen molar-refractivity contribution in [1.82, 2.24) is 4.98 Å². The molecule has 31 heavy (non-hydrogen) atoms. The first-order valence-corrected chi connectivity index (χ1v) is 9.12. The Kier molecular flexibility index (Phi) is 5.97. The average molecular weight is 429 g/mol. The number of alkyl halides is 2. The van der Waals surface area contributed by atoms with E-state index in [4.69, 9.17) is 15.7 Å². The van der Waals surface area contributed by atoms with Gasteiger partial charge in [0.05, 0.1) is 12.0 Å². The largest absolute Gasteiger partial charge is 0.431 e. The minimum absolute atomic E-state index is 0.00725. The second kappa shape index (κ2) is 8.47. The van der Waals surface area contributed by atoms with Crippen molar-refractivity contribution < 1.29 is 22.7 Å². The van der Waals surface area contributed by atoms with E-state index in [1.54, 1.807) is 6.92 Å². The Balaban J connectivity index is 1.93. The third kappa shape index (κ3) is 4.83. The number of hydrogen-bond acceptors (Lipinski definition) is 6. The summed E-state index contributed by atoms with van der Waals surface area (Å²) in [4.78, 5) is 20.7. The fourth-order valence-electron chi connectivity index (χ4n) is 3.21. The smallest absolute Gasteiger partial charge is 0.288 e. The van der Waals surface area contributed by atoms with Crippen LogP contribution in [0.15, 0.2) is 47.3 Å². The van der Waals surface area contributed by atoms with Gasteiger partial charge in [0.25, 0.3) is 11.9 Å². The molecule has 0 fully saturated rings. The van der Waals surface area contributed by atoms with Crippen LogP contribution in [0.25, 0.3) is 0 Å². The highest BCUT2D eigenvalue weighted by molar-refractivity contribution is 6.03. The number of nitrogens with one attached hydrogen (secondary N) is 1. The van der Waals surface area contributed by atoms with Crippen molar-refractivity contribution in [2.75, 3.05) is 5.32 Å². The third-order valence-electron chi connectivity index (χ3n) is 4.57. The second-order valence-corrected chi connectivity index (χ2v) is 7.06. The molecule has 3 N–H and O–H groups in total. The van der Waals surface area contributed by atoms with Crippen LogP contribution in [0, 0.1) is 24.1 Å². The Morgan fingerprint density at radius 3 is 2.77 bits per heavy atom. The number of aliphatic imine (C=N–C) groups is 1. The summed E-state index contributed by atoms with van der Waals surface area (Å²) in [5, 5.41) is 11.5. The normalized spacial score (nSPS) is 18.0. The molecule has 1 aliphatic heterocycles. The molecule has 3 rings (SSSR count). The van der Waals surface area contributed by atoms with Gasteiger partial charge in [0.15, 0.2) is 0 Å². The number of anilines is 1. The Hall–Kier alpha value is -3.87. The Labute approximate surface area is 176 Å². The molecule has 0 bridgehead atoms. The number of pyridine rings is 1. The number of rotatable bonds is 5. The topological polar surface area (TPSA) is 113 Å². The van der Waals surface area contributed by atoms with Gasteiger partial charge < -0.3 is 15.8 Å². The molecular weight excluding hydrogens is 411 g/mol. The van der Waals surface area contributed by atoms with Gasteiger partial charge in [-0.15, -0.1) is 0 Å². The summed E-state index contributed by atoms with van der Waals surface area (Å²) in [6.45, 7) is 3.12. The molecule has 160 valence electrons. The van der Waals surface area contributed by atoms with Gasteiger partial charge in [-0.3, -0.25) is 4.79 Å². The molecular formula is C21H18F3N5O2. The molecule has 1 atom stereocenters. The number of allylic oxidation sites excluding steroid dienone is 1. The van der Waals surface area contributed by atoms with Gasteiger partial charge in [0.1, 0.15) is 28.9 Å². The summed E-state index contributed by atoms with van der Waals surface area (Å²) in [5.41, 5.74) is 5.35. The lowest BCUT2D eigenvalue weighted by atomic mass is 9.90. The van der Waals surface area contributed by atoms with Crippen molar-refractivity contribution in [1.29, 1.82) is 5.26 Å². The molecule has 0 aliphatic carbocycles. The Morgan fingerprint density at radius 2 is 2.13 bits per heavy atom. The van der Waals surface area contributed by atoms with Gasteiger partial charge in [-0.2, -0.15) is 5.26 Å². The summed E-state index contributed by atoms with van der Waals surface area (Å²) in [5.74, 6) is -1.36. The Morgan fingerprint density at radius 1 is 1.39 bits per heavy atom. The van der Waals surface area contributed by atoms with E-state index in [0.29, 0.717) is 11.1 Å². The van der Waals surface area contributed by atoms with Crippen LogP contribution in [0.2, 0.25) is 0 Å². The summed E-state index contributed by atoms with van der Waals surface area (Å²) in [7, 11) is 0. The molecule has 10 heteroatoms. The number of hydrogen-bond donors (Lipinski definition) is 2. The van der Waals surface area contributed by atoms with Crippen LogP contribution in [0.4, 0.5) is 18.9 Å². The number of carbonyl (C=O) groups is 1. The van der Waals surface area contributed by atoms with Crippen molar-refractivity contribution in [2.45, 2.75) is 32.2 Å². The van der Waals surface area contributed by atoms with E-state index in [1.165, 1.54) is 37.4 Å². The second-order valence-electron chi connectivity index (χ2n) is 7.06. The highest BCUT2D eigenvalue weighted by Gasteiger charge is 2.33. The van der Waals surface area contributed by atoms with Crippen LogP contribution in [0.1, 0.15) is 40.5 Å². The number of benzene rings is 1. The molecule has 0 saturated carbocycles. The number of aromatic nitrogens is 1. The van der Waals surface area contributed by atoms with Gasteiger partial charge in [0.2, 0.25) is 6.43 Å². The zero-order valence-corrected chi connectivity index (χ0v) is 16.6. The first-order valence-electron chi connectivity index (χ1n) is 9.12. The highest BCUT2D eigenvalue weighted by Crippen LogP contribution is 2.36. The van der Waals surface area contributed by atoms with Crippen LogP contribution >= 0.6 is 0 Å². The van der Waals surface area contributed by atoms with Crippen molar-refractivity contribution >= 4 is 17.6 Å². The van der Waals surface area contributed by atoms with Crippen LogP contribution in [-0.4, -0.2) is 23.3 Å². The molecule has 1 aromatic carbocycles. The van der Waals surface area contributed by atoms with Gasteiger partial charge in [-0.25, -0.2) is 23.1 Å². The summed E-state index contributed by atoms with van der Waals surface area (Å²) in [6.07, 6.45) is -0.840. The lowest BCUT2D eigenvalue weighted by Crippen LogP contribution is -2.31. The minimum Gasteiger partial charge on any atom is -0.431 e. The lowest BCUT2D eigenvalue weighted by Gasteiger charge is -2.28. The predicted molar refractivity (Wildman–Crippen MR) is 107 cm³/mol. The maximum Gasteiger partial charge on any atom is 0.288 e. The molecule has 2 aromatic rings. The zero-order valence-electron chi connectivity index (χ0n) is 16.6. The summed E-state index contributed by atoms with van der Waals surface area (Å²) < 4.78 is 45.2. The quantitative estimate of drug-likeness (QED) is 0.752.